The molecule has 1 rings (SSSR count). The number of hydrogen-bond acceptors (Lipinski definition) is 2. The first-order chi connectivity index (χ1) is 7.69. The smallest absolute Gasteiger partial charge is 0.223 e. The average molecular weight is 227 g/mol. The number of rotatable bonds is 6. The number of aliphatic hydroxyl groups excluding tert-OH is 1. The van der Waals surface area contributed by atoms with E-state index in [-0.39, 0.29) is 18.4 Å². The van der Waals surface area contributed by atoms with Crippen molar-refractivity contribution in [2.75, 3.05) is 13.2 Å². The van der Waals surface area contributed by atoms with Gasteiger partial charge in [-0.3, -0.25) is 4.79 Å². The minimum absolute atomic E-state index is 0.216. The van der Waals surface area contributed by atoms with Crippen LogP contribution in [-0.2, 0) is 4.79 Å². The molecule has 0 aromatic rings. The quantitative estimate of drug-likeness (QED) is 0.728. The molecule has 1 amide bonds. The van der Waals surface area contributed by atoms with Crippen LogP contribution in [0, 0.1) is 17.8 Å². The summed E-state index contributed by atoms with van der Waals surface area (Å²) >= 11 is 0. The summed E-state index contributed by atoms with van der Waals surface area (Å²) in [6, 6.07) is 0. The SMILES string of the molecule is CCC(CCO)CNC(=O)C1CCCC1C. The molecule has 0 spiro atoms. The van der Waals surface area contributed by atoms with Gasteiger partial charge in [-0.2, -0.15) is 0 Å². The number of carbonyl (C=O) groups excluding carboxylic acids is 1. The van der Waals surface area contributed by atoms with Crippen molar-refractivity contribution in [2.45, 2.75) is 46.0 Å². The highest BCUT2D eigenvalue weighted by Gasteiger charge is 2.29. The third kappa shape index (κ3) is 3.78. The summed E-state index contributed by atoms with van der Waals surface area (Å²) in [5, 5.41) is 11.9. The maximum Gasteiger partial charge on any atom is 0.223 e. The Morgan fingerprint density at radius 3 is 2.75 bits per heavy atom. The summed E-state index contributed by atoms with van der Waals surface area (Å²) in [5.41, 5.74) is 0. The van der Waals surface area contributed by atoms with Gasteiger partial charge in [0.05, 0.1) is 0 Å². The van der Waals surface area contributed by atoms with Crippen molar-refractivity contribution >= 4 is 5.91 Å². The van der Waals surface area contributed by atoms with E-state index >= 15 is 0 Å². The lowest BCUT2D eigenvalue weighted by atomic mass is 9.96. The summed E-state index contributed by atoms with van der Waals surface area (Å²) in [4.78, 5) is 11.9. The maximum absolute atomic E-state index is 11.9. The second-order valence-electron chi connectivity index (χ2n) is 5.05. The van der Waals surface area contributed by atoms with Gasteiger partial charge < -0.3 is 10.4 Å². The van der Waals surface area contributed by atoms with Crippen LogP contribution >= 0.6 is 0 Å². The topological polar surface area (TPSA) is 49.3 Å². The van der Waals surface area contributed by atoms with Gasteiger partial charge in [0.25, 0.3) is 0 Å². The van der Waals surface area contributed by atoms with Gasteiger partial charge in [0.2, 0.25) is 5.91 Å². The van der Waals surface area contributed by atoms with Crippen LogP contribution in [0.2, 0.25) is 0 Å². The number of nitrogens with one attached hydrogen (secondary N) is 1. The number of amides is 1. The van der Waals surface area contributed by atoms with Crippen LogP contribution in [0.4, 0.5) is 0 Å². The first kappa shape index (κ1) is 13.5. The van der Waals surface area contributed by atoms with E-state index < -0.39 is 0 Å². The van der Waals surface area contributed by atoms with Crippen LogP contribution in [0.3, 0.4) is 0 Å². The summed E-state index contributed by atoms with van der Waals surface area (Å²) in [5.74, 6) is 1.41. The van der Waals surface area contributed by atoms with Crippen LogP contribution in [0.1, 0.15) is 46.0 Å². The molecule has 94 valence electrons. The Bertz CT molecular complexity index is 218. The van der Waals surface area contributed by atoms with Gasteiger partial charge >= 0.3 is 0 Å². The summed E-state index contributed by atoms with van der Waals surface area (Å²) in [6.45, 7) is 5.21. The highest BCUT2D eigenvalue weighted by molar-refractivity contribution is 5.79. The Balaban J connectivity index is 2.28. The molecule has 2 N–H and O–H groups in total. The van der Waals surface area contributed by atoms with Gasteiger partial charge in [-0.25, -0.2) is 0 Å². The van der Waals surface area contributed by atoms with Gasteiger partial charge in [-0.15, -0.1) is 0 Å². The molecule has 16 heavy (non-hydrogen) atoms. The third-order valence-corrected chi connectivity index (χ3v) is 3.88. The molecule has 0 heterocycles. The van der Waals surface area contributed by atoms with Crippen molar-refractivity contribution < 1.29 is 9.90 Å². The van der Waals surface area contributed by atoms with Crippen molar-refractivity contribution in [2.24, 2.45) is 17.8 Å². The second-order valence-corrected chi connectivity index (χ2v) is 5.05. The van der Waals surface area contributed by atoms with E-state index in [9.17, 15) is 4.79 Å². The van der Waals surface area contributed by atoms with Gasteiger partial charge in [-0.1, -0.05) is 26.7 Å². The fourth-order valence-corrected chi connectivity index (χ4v) is 2.54. The molecule has 1 fully saturated rings. The van der Waals surface area contributed by atoms with Crippen LogP contribution < -0.4 is 5.32 Å². The van der Waals surface area contributed by atoms with Crippen molar-refractivity contribution in [3.63, 3.8) is 0 Å². The van der Waals surface area contributed by atoms with Gasteiger partial charge in [0.15, 0.2) is 0 Å². The van der Waals surface area contributed by atoms with Gasteiger partial charge in [0.1, 0.15) is 0 Å². The Kier molecular flexibility index (Phi) is 5.81. The highest BCUT2D eigenvalue weighted by Crippen LogP contribution is 2.31. The monoisotopic (exact) mass is 227 g/mol. The Morgan fingerprint density at radius 2 is 2.25 bits per heavy atom. The molecule has 1 aliphatic carbocycles. The van der Waals surface area contributed by atoms with E-state index in [4.69, 9.17) is 5.11 Å². The highest BCUT2D eigenvalue weighted by atomic mass is 16.3. The first-order valence-corrected chi connectivity index (χ1v) is 6.57. The molecule has 3 nitrogen and oxygen atoms in total. The maximum atomic E-state index is 11.9. The number of aliphatic hydroxyl groups is 1. The molecule has 3 heteroatoms. The third-order valence-electron chi connectivity index (χ3n) is 3.88. The fraction of sp³-hybridized carbons (Fsp3) is 0.923. The molecule has 3 unspecified atom stereocenters. The normalized spacial score (nSPS) is 26.7. The largest absolute Gasteiger partial charge is 0.396 e. The molecule has 0 saturated heterocycles. The molecule has 0 aromatic heterocycles. The molecule has 0 bridgehead atoms. The lowest BCUT2D eigenvalue weighted by Gasteiger charge is -2.18. The average Bonchev–Trinajstić information content (AvgIpc) is 2.70. The Morgan fingerprint density at radius 1 is 1.50 bits per heavy atom. The zero-order valence-corrected chi connectivity index (χ0v) is 10.5. The molecule has 1 saturated carbocycles. The molecule has 0 aliphatic heterocycles. The summed E-state index contributed by atoms with van der Waals surface area (Å²) in [6.07, 6.45) is 5.22. The minimum Gasteiger partial charge on any atom is -0.396 e. The second kappa shape index (κ2) is 6.89. The molecular formula is C13H25NO2. The minimum atomic E-state index is 0.216. The molecule has 1 aliphatic rings. The van der Waals surface area contributed by atoms with E-state index in [0.717, 1.165) is 25.8 Å². The lowest BCUT2D eigenvalue weighted by Crippen LogP contribution is -2.35. The number of carbonyl (C=O) groups is 1. The standard InChI is InChI=1S/C13H25NO2/c1-3-11(7-8-15)9-14-13(16)12-6-4-5-10(12)2/h10-12,15H,3-9H2,1-2H3,(H,14,16). The van der Waals surface area contributed by atoms with Crippen molar-refractivity contribution in [1.29, 1.82) is 0 Å². The van der Waals surface area contributed by atoms with E-state index in [1.807, 2.05) is 0 Å². The van der Waals surface area contributed by atoms with Crippen LogP contribution in [-0.4, -0.2) is 24.2 Å². The van der Waals surface area contributed by atoms with Gasteiger partial charge in [0, 0.05) is 19.1 Å². The molecular weight excluding hydrogens is 202 g/mol. The zero-order valence-electron chi connectivity index (χ0n) is 10.5. The van der Waals surface area contributed by atoms with E-state index in [0.29, 0.717) is 11.8 Å². The Labute approximate surface area is 98.6 Å². The van der Waals surface area contributed by atoms with Crippen LogP contribution in [0.15, 0.2) is 0 Å². The first-order valence-electron chi connectivity index (χ1n) is 6.57. The van der Waals surface area contributed by atoms with Crippen molar-refractivity contribution in [1.82, 2.24) is 5.32 Å². The predicted molar refractivity (Wildman–Crippen MR) is 65.0 cm³/mol. The van der Waals surface area contributed by atoms with Gasteiger partial charge in [-0.05, 0) is 31.1 Å². The molecule has 0 radical (unpaired) electrons. The van der Waals surface area contributed by atoms with Crippen molar-refractivity contribution in [3.05, 3.63) is 0 Å². The van der Waals surface area contributed by atoms with E-state index in [1.165, 1.54) is 12.8 Å². The number of hydrogen-bond donors (Lipinski definition) is 2. The fourth-order valence-electron chi connectivity index (χ4n) is 2.54. The van der Waals surface area contributed by atoms with Crippen LogP contribution in [0.25, 0.3) is 0 Å². The molecule has 0 aromatic carbocycles. The molecule has 3 atom stereocenters. The Hall–Kier alpha value is -0.570. The summed E-state index contributed by atoms with van der Waals surface area (Å²) in [7, 11) is 0. The van der Waals surface area contributed by atoms with Crippen molar-refractivity contribution in [3.8, 4) is 0 Å². The zero-order chi connectivity index (χ0) is 12.0. The van der Waals surface area contributed by atoms with E-state index in [1.54, 1.807) is 0 Å². The lowest BCUT2D eigenvalue weighted by molar-refractivity contribution is -0.126. The van der Waals surface area contributed by atoms with E-state index in [2.05, 4.69) is 19.2 Å². The summed E-state index contributed by atoms with van der Waals surface area (Å²) < 4.78 is 0. The predicted octanol–water partition coefficient (Wildman–Crippen LogP) is 1.95. The van der Waals surface area contributed by atoms with Crippen LogP contribution in [0.5, 0.6) is 0 Å².